The summed E-state index contributed by atoms with van der Waals surface area (Å²) in [6, 6.07) is 11.5. The van der Waals surface area contributed by atoms with Crippen LogP contribution in [0.3, 0.4) is 0 Å². The highest BCUT2D eigenvalue weighted by Gasteiger charge is 2.17. The van der Waals surface area contributed by atoms with Gasteiger partial charge < -0.3 is 10.1 Å². The van der Waals surface area contributed by atoms with Gasteiger partial charge in [-0.05, 0) is 43.7 Å². The van der Waals surface area contributed by atoms with Gasteiger partial charge in [0.2, 0.25) is 10.0 Å². The number of unbranched alkanes of at least 4 members (excludes halogenated alkanes) is 1. The maximum Gasteiger partial charge on any atom is 0.255 e. The summed E-state index contributed by atoms with van der Waals surface area (Å²) in [5.41, 5.74) is 1.83. The SMILES string of the molecule is CCCCNS(=O)(=O)c1ccc(OC)c(NC(=O)c2ccc(C)cc2)c1. The van der Waals surface area contributed by atoms with E-state index in [-0.39, 0.29) is 10.8 Å². The number of methoxy groups -OCH3 is 1. The molecule has 0 saturated heterocycles. The summed E-state index contributed by atoms with van der Waals surface area (Å²) in [7, 11) is -2.18. The number of ether oxygens (including phenoxy) is 1. The van der Waals surface area contributed by atoms with Gasteiger partial charge in [-0.2, -0.15) is 0 Å². The lowest BCUT2D eigenvalue weighted by atomic mass is 10.1. The zero-order valence-electron chi connectivity index (χ0n) is 15.2. The van der Waals surface area contributed by atoms with Crippen LogP contribution in [-0.4, -0.2) is 28.0 Å². The van der Waals surface area contributed by atoms with Crippen molar-refractivity contribution in [2.45, 2.75) is 31.6 Å². The van der Waals surface area contributed by atoms with Gasteiger partial charge in [0, 0.05) is 12.1 Å². The van der Waals surface area contributed by atoms with E-state index in [1.807, 2.05) is 26.0 Å². The molecule has 0 aliphatic carbocycles. The van der Waals surface area contributed by atoms with E-state index in [0.717, 1.165) is 18.4 Å². The summed E-state index contributed by atoms with van der Waals surface area (Å²) >= 11 is 0. The summed E-state index contributed by atoms with van der Waals surface area (Å²) in [4.78, 5) is 12.5. The minimum absolute atomic E-state index is 0.0774. The van der Waals surface area contributed by atoms with E-state index in [4.69, 9.17) is 4.74 Å². The summed E-state index contributed by atoms with van der Waals surface area (Å²) in [6.07, 6.45) is 1.65. The Morgan fingerprint density at radius 2 is 1.81 bits per heavy atom. The molecule has 7 heteroatoms. The maximum absolute atomic E-state index is 12.4. The Bertz CT molecular complexity index is 862. The molecular formula is C19H24N2O4S. The Balaban J connectivity index is 2.26. The molecule has 0 fully saturated rings. The van der Waals surface area contributed by atoms with Gasteiger partial charge in [-0.1, -0.05) is 31.0 Å². The summed E-state index contributed by atoms with van der Waals surface area (Å²) in [5, 5.41) is 2.72. The van der Waals surface area contributed by atoms with Crippen LogP contribution in [0.1, 0.15) is 35.7 Å². The first-order valence-corrected chi connectivity index (χ1v) is 9.91. The molecule has 0 aromatic heterocycles. The lowest BCUT2D eigenvalue weighted by Crippen LogP contribution is -2.25. The van der Waals surface area contributed by atoms with Gasteiger partial charge in [0.15, 0.2) is 0 Å². The van der Waals surface area contributed by atoms with Gasteiger partial charge in [-0.15, -0.1) is 0 Å². The predicted octanol–water partition coefficient (Wildman–Crippen LogP) is 3.33. The molecule has 2 aromatic carbocycles. The highest BCUT2D eigenvalue weighted by Crippen LogP contribution is 2.28. The van der Waals surface area contributed by atoms with E-state index in [1.54, 1.807) is 12.1 Å². The van der Waals surface area contributed by atoms with Crippen molar-refractivity contribution >= 4 is 21.6 Å². The number of hydrogen-bond donors (Lipinski definition) is 2. The van der Waals surface area contributed by atoms with E-state index in [1.165, 1.54) is 25.3 Å². The average Bonchev–Trinajstić information content (AvgIpc) is 2.62. The largest absolute Gasteiger partial charge is 0.495 e. The number of carbonyl (C=O) groups excluding carboxylic acids is 1. The quantitative estimate of drug-likeness (QED) is 0.692. The second-order valence-electron chi connectivity index (χ2n) is 5.93. The summed E-state index contributed by atoms with van der Waals surface area (Å²) in [5.74, 6) is 0.0507. The van der Waals surface area contributed by atoms with Crippen molar-refractivity contribution in [3.63, 3.8) is 0 Å². The molecule has 6 nitrogen and oxygen atoms in total. The number of benzene rings is 2. The van der Waals surface area contributed by atoms with Crippen LogP contribution in [0, 0.1) is 6.92 Å². The van der Waals surface area contributed by atoms with Crippen LogP contribution in [0.2, 0.25) is 0 Å². The second kappa shape index (κ2) is 8.82. The monoisotopic (exact) mass is 376 g/mol. The molecule has 0 atom stereocenters. The van der Waals surface area contributed by atoms with Crippen molar-refractivity contribution in [3.05, 3.63) is 53.6 Å². The van der Waals surface area contributed by atoms with E-state index in [9.17, 15) is 13.2 Å². The zero-order valence-corrected chi connectivity index (χ0v) is 16.0. The fourth-order valence-electron chi connectivity index (χ4n) is 2.32. The molecule has 2 rings (SSSR count). The Hall–Kier alpha value is -2.38. The predicted molar refractivity (Wildman–Crippen MR) is 102 cm³/mol. The Labute approximate surface area is 154 Å². The number of amides is 1. The smallest absolute Gasteiger partial charge is 0.255 e. The molecule has 0 spiro atoms. The molecule has 2 aromatic rings. The van der Waals surface area contributed by atoms with E-state index in [0.29, 0.717) is 23.5 Å². The Morgan fingerprint density at radius 3 is 2.42 bits per heavy atom. The summed E-state index contributed by atoms with van der Waals surface area (Å²) in [6.45, 7) is 4.29. The van der Waals surface area contributed by atoms with Crippen LogP contribution in [0.4, 0.5) is 5.69 Å². The van der Waals surface area contributed by atoms with Crippen molar-refractivity contribution < 1.29 is 17.9 Å². The van der Waals surface area contributed by atoms with Gasteiger partial charge in [-0.25, -0.2) is 13.1 Å². The second-order valence-corrected chi connectivity index (χ2v) is 7.70. The van der Waals surface area contributed by atoms with Crippen molar-refractivity contribution in [3.8, 4) is 5.75 Å². The molecule has 140 valence electrons. The van der Waals surface area contributed by atoms with Crippen molar-refractivity contribution in [1.82, 2.24) is 4.72 Å². The first kappa shape index (κ1) is 19.9. The van der Waals surface area contributed by atoms with E-state index >= 15 is 0 Å². The van der Waals surface area contributed by atoms with Crippen LogP contribution in [0.25, 0.3) is 0 Å². The third kappa shape index (κ3) is 5.06. The summed E-state index contributed by atoms with van der Waals surface area (Å²) < 4.78 is 32.6. The van der Waals surface area contributed by atoms with Crippen LogP contribution in [0.5, 0.6) is 5.75 Å². The fourth-order valence-corrected chi connectivity index (χ4v) is 3.42. The van der Waals surface area contributed by atoms with Gasteiger partial charge >= 0.3 is 0 Å². The van der Waals surface area contributed by atoms with Gasteiger partial charge in [-0.3, -0.25) is 4.79 Å². The highest BCUT2D eigenvalue weighted by molar-refractivity contribution is 7.89. The molecule has 0 radical (unpaired) electrons. The minimum Gasteiger partial charge on any atom is -0.495 e. The van der Waals surface area contributed by atoms with Crippen LogP contribution >= 0.6 is 0 Å². The maximum atomic E-state index is 12.4. The minimum atomic E-state index is -3.64. The third-order valence-corrected chi connectivity index (χ3v) is 5.32. The number of hydrogen-bond acceptors (Lipinski definition) is 4. The molecule has 0 aliphatic rings. The van der Waals surface area contributed by atoms with Crippen molar-refractivity contribution in [2.24, 2.45) is 0 Å². The molecule has 0 aliphatic heterocycles. The van der Waals surface area contributed by atoms with Crippen LogP contribution < -0.4 is 14.8 Å². The number of aryl methyl sites for hydroxylation is 1. The first-order chi connectivity index (χ1) is 12.4. The molecule has 0 heterocycles. The number of nitrogens with one attached hydrogen (secondary N) is 2. The molecule has 26 heavy (non-hydrogen) atoms. The number of carbonyl (C=O) groups is 1. The Kier molecular flexibility index (Phi) is 6.76. The van der Waals surface area contributed by atoms with Crippen LogP contribution in [-0.2, 0) is 10.0 Å². The Morgan fingerprint density at radius 1 is 1.12 bits per heavy atom. The third-order valence-electron chi connectivity index (χ3n) is 3.87. The van der Waals surface area contributed by atoms with Crippen LogP contribution in [0.15, 0.2) is 47.4 Å². The molecule has 0 saturated carbocycles. The standard InChI is InChI=1S/C19H24N2O4S/c1-4-5-12-20-26(23,24)16-10-11-18(25-3)17(13-16)21-19(22)15-8-6-14(2)7-9-15/h6-11,13,20H,4-5,12H2,1-3H3,(H,21,22). The molecular weight excluding hydrogens is 352 g/mol. The topological polar surface area (TPSA) is 84.5 Å². The van der Waals surface area contributed by atoms with Gasteiger partial charge in [0.1, 0.15) is 5.75 Å². The zero-order chi connectivity index (χ0) is 19.2. The molecule has 0 unspecified atom stereocenters. The number of sulfonamides is 1. The number of rotatable bonds is 8. The van der Waals surface area contributed by atoms with Gasteiger partial charge in [0.25, 0.3) is 5.91 Å². The highest BCUT2D eigenvalue weighted by atomic mass is 32.2. The van der Waals surface area contributed by atoms with E-state index < -0.39 is 10.0 Å². The first-order valence-electron chi connectivity index (χ1n) is 8.43. The van der Waals surface area contributed by atoms with Crippen molar-refractivity contribution in [1.29, 1.82) is 0 Å². The molecule has 2 N–H and O–H groups in total. The van der Waals surface area contributed by atoms with E-state index in [2.05, 4.69) is 10.0 Å². The lowest BCUT2D eigenvalue weighted by molar-refractivity contribution is 0.102. The average molecular weight is 376 g/mol. The molecule has 0 bridgehead atoms. The van der Waals surface area contributed by atoms with Crippen molar-refractivity contribution in [2.75, 3.05) is 19.0 Å². The van der Waals surface area contributed by atoms with Gasteiger partial charge in [0.05, 0.1) is 17.7 Å². The normalized spacial score (nSPS) is 11.2. The lowest BCUT2D eigenvalue weighted by Gasteiger charge is -2.13. The molecule has 1 amide bonds. The number of anilines is 1. The fraction of sp³-hybridized carbons (Fsp3) is 0.316.